The second-order valence-corrected chi connectivity index (χ2v) is 11.5. The first-order valence-corrected chi connectivity index (χ1v) is 15.7. The van der Waals surface area contributed by atoms with Crippen molar-refractivity contribution in [1.82, 2.24) is 5.32 Å². The maximum Gasteiger partial charge on any atom is 0.247 e. The summed E-state index contributed by atoms with van der Waals surface area (Å²) in [5.41, 5.74) is 3.26. The smallest absolute Gasteiger partial charge is 0.247 e. The van der Waals surface area contributed by atoms with Gasteiger partial charge >= 0.3 is 0 Å². The van der Waals surface area contributed by atoms with Gasteiger partial charge in [-0.25, -0.2) is 0 Å². The standard InChI is InChI=1S/C36H45N3O9/c1-10-19(2)32(36(42)38-22-16-29(44-5)33(46-7)30(17-22)45-6)39-26-14-12-23-24(18-27(26)41)25(37-20(3)40)13-11-21-15-28(43-4)34(47-8)35(48-9)31(21)23/h12,14-19,25,32H,10-11,13H2,1-9H3,(H,37,40)(H,38,42)(H,39,41)/t19-,25+,32-/m0/s1. The third kappa shape index (κ3) is 7.22. The first-order chi connectivity index (χ1) is 23.0. The van der Waals surface area contributed by atoms with Crippen molar-refractivity contribution < 1.29 is 38.0 Å². The molecule has 48 heavy (non-hydrogen) atoms. The molecule has 0 bridgehead atoms. The second kappa shape index (κ2) is 15.6. The fourth-order valence-corrected chi connectivity index (χ4v) is 6.07. The van der Waals surface area contributed by atoms with E-state index in [9.17, 15) is 14.4 Å². The summed E-state index contributed by atoms with van der Waals surface area (Å²) in [6.45, 7) is 5.35. The van der Waals surface area contributed by atoms with E-state index in [1.165, 1.54) is 41.4 Å². The van der Waals surface area contributed by atoms with E-state index in [1.54, 1.807) is 32.4 Å². The number of benzene rings is 2. The van der Waals surface area contributed by atoms with Crippen LogP contribution in [0.4, 0.5) is 11.4 Å². The highest BCUT2D eigenvalue weighted by molar-refractivity contribution is 5.97. The Morgan fingerprint density at radius 1 is 0.833 bits per heavy atom. The molecule has 0 saturated heterocycles. The van der Waals surface area contributed by atoms with Gasteiger partial charge in [0.1, 0.15) is 6.04 Å². The van der Waals surface area contributed by atoms with Crippen LogP contribution in [0.25, 0.3) is 11.1 Å². The monoisotopic (exact) mass is 663 g/mol. The molecule has 3 N–H and O–H groups in total. The first kappa shape index (κ1) is 35.7. The van der Waals surface area contributed by atoms with Crippen molar-refractivity contribution in [2.75, 3.05) is 53.3 Å². The normalized spacial score (nSPS) is 14.6. The number of carbonyl (C=O) groups excluding carboxylic acids is 2. The molecule has 258 valence electrons. The van der Waals surface area contributed by atoms with Gasteiger partial charge in [-0.3, -0.25) is 14.4 Å². The lowest BCUT2D eigenvalue weighted by atomic mass is 9.95. The maximum atomic E-state index is 14.0. The summed E-state index contributed by atoms with van der Waals surface area (Å²) in [6.07, 6.45) is 1.75. The molecule has 0 spiro atoms. The van der Waals surface area contributed by atoms with E-state index in [0.717, 1.165) is 11.1 Å². The minimum absolute atomic E-state index is 0.167. The molecule has 0 heterocycles. The van der Waals surface area contributed by atoms with Gasteiger partial charge in [-0.05, 0) is 53.6 Å². The van der Waals surface area contributed by atoms with Gasteiger partial charge in [-0.1, -0.05) is 26.3 Å². The summed E-state index contributed by atoms with van der Waals surface area (Å²) in [6, 6.07) is 8.93. The van der Waals surface area contributed by atoms with Crippen molar-refractivity contribution in [1.29, 1.82) is 0 Å². The molecule has 1 aliphatic carbocycles. The number of rotatable bonds is 13. The number of nitrogens with one attached hydrogen (secondary N) is 3. The van der Waals surface area contributed by atoms with Gasteiger partial charge in [-0.15, -0.1) is 0 Å². The summed E-state index contributed by atoms with van der Waals surface area (Å²) in [4.78, 5) is 40.1. The largest absolute Gasteiger partial charge is 0.493 e. The average Bonchev–Trinajstić information content (AvgIpc) is 3.32. The maximum absolute atomic E-state index is 14.0. The molecule has 0 saturated carbocycles. The highest BCUT2D eigenvalue weighted by Crippen LogP contribution is 2.50. The Bertz CT molecular complexity index is 1700. The molecule has 3 atom stereocenters. The van der Waals surface area contributed by atoms with Crippen LogP contribution in [0.5, 0.6) is 34.5 Å². The highest BCUT2D eigenvalue weighted by Gasteiger charge is 2.31. The van der Waals surface area contributed by atoms with Crippen LogP contribution in [-0.2, 0) is 16.0 Å². The Morgan fingerprint density at radius 2 is 1.44 bits per heavy atom. The molecular weight excluding hydrogens is 618 g/mol. The number of fused-ring (bicyclic) bond motifs is 3. The number of carbonyl (C=O) groups is 2. The van der Waals surface area contributed by atoms with Gasteiger partial charge in [0.25, 0.3) is 0 Å². The molecule has 3 aromatic rings. The van der Waals surface area contributed by atoms with Crippen LogP contribution in [0.2, 0.25) is 0 Å². The number of hydrogen-bond acceptors (Lipinski definition) is 10. The van der Waals surface area contributed by atoms with Gasteiger partial charge in [0.05, 0.1) is 54.4 Å². The van der Waals surface area contributed by atoms with Gasteiger partial charge in [0.15, 0.2) is 23.0 Å². The molecule has 0 radical (unpaired) electrons. The molecule has 12 nitrogen and oxygen atoms in total. The molecule has 3 aromatic carbocycles. The third-order valence-corrected chi connectivity index (χ3v) is 8.65. The lowest BCUT2D eigenvalue weighted by Gasteiger charge is -2.24. The lowest BCUT2D eigenvalue weighted by molar-refractivity contribution is -0.120. The van der Waals surface area contributed by atoms with Gasteiger partial charge in [0, 0.05) is 30.3 Å². The fraction of sp³-hybridized carbons (Fsp3) is 0.417. The minimum Gasteiger partial charge on any atom is -0.493 e. The molecule has 0 unspecified atom stereocenters. The van der Waals surface area contributed by atoms with Crippen LogP contribution in [0.3, 0.4) is 0 Å². The van der Waals surface area contributed by atoms with Crippen LogP contribution >= 0.6 is 0 Å². The molecule has 12 heteroatoms. The molecule has 0 fully saturated rings. The second-order valence-electron chi connectivity index (χ2n) is 11.5. The zero-order chi connectivity index (χ0) is 35.1. The Hall–Kier alpha value is -5.13. The molecule has 4 rings (SSSR count). The number of amides is 2. The Labute approximate surface area is 281 Å². The van der Waals surface area contributed by atoms with Crippen LogP contribution in [0, 0.1) is 5.92 Å². The number of aryl methyl sites for hydroxylation is 1. The molecule has 0 aromatic heterocycles. The summed E-state index contributed by atoms with van der Waals surface area (Å²) in [5, 5.41) is 9.18. The minimum atomic E-state index is -0.790. The molecule has 1 aliphatic rings. The van der Waals surface area contributed by atoms with Crippen LogP contribution in [0.1, 0.15) is 50.8 Å². The lowest BCUT2D eigenvalue weighted by Crippen LogP contribution is -2.40. The number of anilines is 2. The first-order valence-electron chi connectivity index (χ1n) is 15.7. The number of ether oxygens (including phenoxy) is 6. The Morgan fingerprint density at radius 3 is 1.98 bits per heavy atom. The van der Waals surface area contributed by atoms with E-state index >= 15 is 0 Å². The molecular formula is C36H45N3O9. The van der Waals surface area contributed by atoms with Gasteiger partial charge in [0.2, 0.25) is 28.7 Å². The van der Waals surface area contributed by atoms with Crippen molar-refractivity contribution >= 4 is 23.2 Å². The summed E-state index contributed by atoms with van der Waals surface area (Å²) < 4.78 is 33.5. The quantitative estimate of drug-likeness (QED) is 0.219. The predicted molar refractivity (Wildman–Crippen MR) is 184 cm³/mol. The summed E-state index contributed by atoms with van der Waals surface area (Å²) >= 11 is 0. The van der Waals surface area contributed by atoms with E-state index < -0.39 is 12.1 Å². The van der Waals surface area contributed by atoms with Crippen molar-refractivity contribution in [2.45, 2.75) is 52.1 Å². The zero-order valence-corrected chi connectivity index (χ0v) is 29.0. The Kier molecular flexibility index (Phi) is 11.6. The van der Waals surface area contributed by atoms with Crippen molar-refractivity contribution in [2.24, 2.45) is 5.92 Å². The van der Waals surface area contributed by atoms with Gasteiger partial charge < -0.3 is 44.4 Å². The summed E-state index contributed by atoms with van der Waals surface area (Å²) in [5.74, 6) is 1.79. The SMILES string of the molecule is CC[C@H](C)[C@H](Nc1ccc2c(cc1=O)[C@H](NC(C)=O)CCc1cc(OC)c(OC)c(OC)c1-2)C(=O)Nc1cc(OC)c(OC)c(OC)c1. The average molecular weight is 664 g/mol. The molecule has 0 aliphatic heterocycles. The zero-order valence-electron chi connectivity index (χ0n) is 29.0. The highest BCUT2D eigenvalue weighted by atomic mass is 16.5. The number of hydrogen-bond donors (Lipinski definition) is 3. The van der Waals surface area contributed by atoms with E-state index in [0.29, 0.717) is 70.6 Å². The van der Waals surface area contributed by atoms with E-state index in [1.807, 2.05) is 26.0 Å². The number of methoxy groups -OCH3 is 6. The van der Waals surface area contributed by atoms with Crippen molar-refractivity contribution in [3.63, 3.8) is 0 Å². The van der Waals surface area contributed by atoms with E-state index in [4.69, 9.17) is 28.4 Å². The Balaban J connectivity index is 1.84. The van der Waals surface area contributed by atoms with Crippen molar-refractivity contribution in [3.05, 3.63) is 57.7 Å². The van der Waals surface area contributed by atoms with Crippen LogP contribution < -0.4 is 49.8 Å². The molecule has 2 amide bonds. The summed E-state index contributed by atoms with van der Waals surface area (Å²) in [7, 11) is 9.13. The fourth-order valence-electron chi connectivity index (χ4n) is 6.07. The third-order valence-electron chi connectivity index (χ3n) is 8.65. The van der Waals surface area contributed by atoms with Crippen LogP contribution in [0.15, 0.2) is 41.2 Å². The van der Waals surface area contributed by atoms with E-state index in [2.05, 4.69) is 16.0 Å². The van der Waals surface area contributed by atoms with Crippen molar-refractivity contribution in [3.8, 4) is 45.6 Å². The van der Waals surface area contributed by atoms with Gasteiger partial charge in [-0.2, -0.15) is 0 Å². The topological polar surface area (TPSA) is 143 Å². The van der Waals surface area contributed by atoms with Crippen LogP contribution in [-0.4, -0.2) is 60.5 Å². The predicted octanol–water partition coefficient (Wildman–Crippen LogP) is 5.35. The van der Waals surface area contributed by atoms with E-state index in [-0.39, 0.29) is 28.8 Å².